The fraction of sp³-hybridized carbons (Fsp3) is 0.391. The lowest BCUT2D eigenvalue weighted by molar-refractivity contribution is -0.122. The van der Waals surface area contributed by atoms with Crippen molar-refractivity contribution in [2.75, 3.05) is 7.11 Å². The van der Waals surface area contributed by atoms with Crippen LogP contribution >= 0.6 is 0 Å². The number of hydrogen-bond acceptors (Lipinski definition) is 4. The maximum absolute atomic E-state index is 12.6. The van der Waals surface area contributed by atoms with E-state index in [4.69, 9.17) is 9.47 Å². The molecule has 6 heteroatoms. The van der Waals surface area contributed by atoms with E-state index in [1.807, 2.05) is 30.3 Å². The zero-order valence-electron chi connectivity index (χ0n) is 16.9. The van der Waals surface area contributed by atoms with Crippen molar-refractivity contribution in [3.8, 4) is 11.5 Å². The summed E-state index contributed by atoms with van der Waals surface area (Å²) in [4.78, 5) is 24.9. The molecule has 0 saturated heterocycles. The number of amides is 2. The van der Waals surface area contributed by atoms with Gasteiger partial charge in [0.15, 0.2) is 11.5 Å². The van der Waals surface area contributed by atoms with Gasteiger partial charge in [-0.15, -0.1) is 0 Å². The highest BCUT2D eigenvalue weighted by atomic mass is 16.5. The zero-order chi connectivity index (χ0) is 20.6. The molecule has 1 atom stereocenters. The Hall–Kier alpha value is -3.02. The van der Waals surface area contributed by atoms with Crippen molar-refractivity contribution < 1.29 is 19.1 Å². The lowest BCUT2D eigenvalue weighted by Crippen LogP contribution is -2.44. The largest absolute Gasteiger partial charge is 0.493 e. The molecule has 29 heavy (non-hydrogen) atoms. The number of carbonyl (C=O) groups is 2. The summed E-state index contributed by atoms with van der Waals surface area (Å²) in [5.74, 6) is 0.587. The minimum atomic E-state index is -0.661. The van der Waals surface area contributed by atoms with Gasteiger partial charge in [-0.25, -0.2) is 0 Å². The molecule has 1 aliphatic rings. The second-order valence-electron chi connectivity index (χ2n) is 7.29. The number of carbonyl (C=O) groups excluding carboxylic acids is 2. The molecule has 2 aromatic rings. The molecule has 2 N–H and O–H groups in total. The molecule has 1 saturated carbocycles. The number of methoxy groups -OCH3 is 1. The standard InChI is InChI=1S/C23H28N2O4/c1-16(22(26)24-15-17-8-4-3-5-9-17)25-23(27)18-12-13-20(21(14-18)28-2)29-19-10-6-7-11-19/h3-5,8-9,12-14,16,19H,6-7,10-11,15H2,1-2H3,(H,24,26)(H,25,27). The van der Waals surface area contributed by atoms with Crippen LogP contribution in [0.3, 0.4) is 0 Å². The minimum absolute atomic E-state index is 0.205. The number of hydrogen-bond donors (Lipinski definition) is 2. The van der Waals surface area contributed by atoms with Crippen molar-refractivity contribution in [1.82, 2.24) is 10.6 Å². The van der Waals surface area contributed by atoms with Gasteiger partial charge in [0, 0.05) is 12.1 Å². The van der Waals surface area contributed by atoms with E-state index >= 15 is 0 Å². The summed E-state index contributed by atoms with van der Waals surface area (Å²) < 4.78 is 11.4. The molecule has 0 bridgehead atoms. The summed E-state index contributed by atoms with van der Waals surface area (Å²) >= 11 is 0. The van der Waals surface area contributed by atoms with Crippen LogP contribution in [0.2, 0.25) is 0 Å². The van der Waals surface area contributed by atoms with Crippen LogP contribution in [0.1, 0.15) is 48.5 Å². The van der Waals surface area contributed by atoms with Gasteiger partial charge in [-0.1, -0.05) is 30.3 Å². The maximum atomic E-state index is 12.6. The van der Waals surface area contributed by atoms with Crippen molar-refractivity contribution >= 4 is 11.8 Å². The van der Waals surface area contributed by atoms with Crippen LogP contribution in [0.5, 0.6) is 11.5 Å². The van der Waals surface area contributed by atoms with Gasteiger partial charge in [-0.05, 0) is 56.4 Å². The zero-order valence-corrected chi connectivity index (χ0v) is 16.9. The third-order valence-corrected chi connectivity index (χ3v) is 5.07. The van der Waals surface area contributed by atoms with Crippen molar-refractivity contribution in [2.24, 2.45) is 0 Å². The molecule has 154 valence electrons. The Morgan fingerprint density at radius 3 is 2.48 bits per heavy atom. The Bertz CT molecular complexity index is 832. The van der Waals surface area contributed by atoms with Crippen molar-refractivity contribution in [3.05, 3.63) is 59.7 Å². The summed E-state index contributed by atoms with van der Waals surface area (Å²) in [6, 6.07) is 14.1. The van der Waals surface area contributed by atoms with Crippen LogP contribution in [0, 0.1) is 0 Å². The molecule has 0 aliphatic heterocycles. The van der Waals surface area contributed by atoms with Crippen molar-refractivity contribution in [3.63, 3.8) is 0 Å². The topological polar surface area (TPSA) is 76.7 Å². The Balaban J connectivity index is 1.56. The average molecular weight is 396 g/mol. The molecule has 2 aromatic carbocycles. The molecule has 1 aliphatic carbocycles. The Morgan fingerprint density at radius 2 is 1.79 bits per heavy atom. The fourth-order valence-electron chi connectivity index (χ4n) is 3.38. The third-order valence-electron chi connectivity index (χ3n) is 5.07. The van der Waals surface area contributed by atoms with E-state index in [-0.39, 0.29) is 17.9 Å². The second kappa shape index (κ2) is 9.96. The summed E-state index contributed by atoms with van der Waals surface area (Å²) in [7, 11) is 1.55. The van der Waals surface area contributed by atoms with E-state index in [0.29, 0.717) is 23.6 Å². The van der Waals surface area contributed by atoms with Crippen molar-refractivity contribution in [2.45, 2.75) is 51.3 Å². The average Bonchev–Trinajstić information content (AvgIpc) is 3.26. The van der Waals surface area contributed by atoms with Crippen LogP contribution in [0.4, 0.5) is 0 Å². The molecule has 1 fully saturated rings. The first-order valence-electron chi connectivity index (χ1n) is 10.0. The van der Waals surface area contributed by atoms with Crippen LogP contribution in [0.15, 0.2) is 48.5 Å². The van der Waals surface area contributed by atoms with Gasteiger partial charge in [0.05, 0.1) is 13.2 Å². The third kappa shape index (κ3) is 5.73. The number of benzene rings is 2. The molecule has 1 unspecified atom stereocenters. The monoisotopic (exact) mass is 396 g/mol. The lowest BCUT2D eigenvalue weighted by Gasteiger charge is -2.17. The van der Waals surface area contributed by atoms with E-state index in [2.05, 4.69) is 10.6 Å². The lowest BCUT2D eigenvalue weighted by atomic mass is 10.1. The SMILES string of the molecule is COc1cc(C(=O)NC(C)C(=O)NCc2ccccc2)ccc1OC1CCCC1. The van der Waals surface area contributed by atoms with E-state index < -0.39 is 6.04 Å². The molecule has 6 nitrogen and oxygen atoms in total. The number of ether oxygens (including phenoxy) is 2. The maximum Gasteiger partial charge on any atom is 0.252 e. The number of nitrogens with one attached hydrogen (secondary N) is 2. The predicted molar refractivity (Wildman–Crippen MR) is 111 cm³/mol. The first-order valence-corrected chi connectivity index (χ1v) is 10.0. The van der Waals surface area contributed by atoms with Gasteiger partial charge in [-0.3, -0.25) is 9.59 Å². The van der Waals surface area contributed by atoms with Gasteiger partial charge in [0.1, 0.15) is 6.04 Å². The molecular formula is C23H28N2O4. The first-order chi connectivity index (χ1) is 14.1. The first kappa shape index (κ1) is 20.7. The molecule has 0 spiro atoms. The molecular weight excluding hydrogens is 368 g/mol. The summed E-state index contributed by atoms with van der Waals surface area (Å²) in [5.41, 5.74) is 1.42. The molecule has 2 amide bonds. The quantitative estimate of drug-likeness (QED) is 0.717. The van der Waals surface area contributed by atoms with Gasteiger partial charge in [0.25, 0.3) is 5.91 Å². The number of rotatable bonds is 8. The van der Waals surface area contributed by atoms with Gasteiger partial charge >= 0.3 is 0 Å². The van der Waals surface area contributed by atoms with Gasteiger partial charge in [0.2, 0.25) is 5.91 Å². The molecule has 0 heterocycles. The minimum Gasteiger partial charge on any atom is -0.493 e. The Labute approximate surface area is 171 Å². The molecule has 3 rings (SSSR count). The van der Waals surface area contributed by atoms with Crippen LogP contribution < -0.4 is 20.1 Å². The summed E-state index contributed by atoms with van der Waals surface area (Å²) in [6.07, 6.45) is 4.65. The van der Waals surface area contributed by atoms with Crippen LogP contribution in [-0.2, 0) is 11.3 Å². The smallest absolute Gasteiger partial charge is 0.252 e. The summed E-state index contributed by atoms with van der Waals surface area (Å²) in [5, 5.41) is 5.56. The van der Waals surface area contributed by atoms with E-state index in [1.165, 1.54) is 12.8 Å². The van der Waals surface area contributed by atoms with E-state index in [0.717, 1.165) is 18.4 Å². The van der Waals surface area contributed by atoms with E-state index in [9.17, 15) is 9.59 Å². The highest BCUT2D eigenvalue weighted by Gasteiger charge is 2.21. The normalized spacial score (nSPS) is 14.8. The highest BCUT2D eigenvalue weighted by Crippen LogP contribution is 2.32. The van der Waals surface area contributed by atoms with Crippen LogP contribution in [-0.4, -0.2) is 31.1 Å². The highest BCUT2D eigenvalue weighted by molar-refractivity contribution is 5.97. The molecule has 0 radical (unpaired) electrons. The second-order valence-corrected chi connectivity index (χ2v) is 7.29. The fourth-order valence-corrected chi connectivity index (χ4v) is 3.38. The Morgan fingerprint density at radius 1 is 1.07 bits per heavy atom. The van der Waals surface area contributed by atoms with E-state index in [1.54, 1.807) is 32.2 Å². The predicted octanol–water partition coefficient (Wildman–Crippen LogP) is 3.45. The van der Waals surface area contributed by atoms with Crippen molar-refractivity contribution in [1.29, 1.82) is 0 Å². The van der Waals surface area contributed by atoms with Gasteiger partial charge in [-0.2, -0.15) is 0 Å². The summed E-state index contributed by atoms with van der Waals surface area (Å²) in [6.45, 7) is 2.08. The van der Waals surface area contributed by atoms with Gasteiger partial charge < -0.3 is 20.1 Å². The van der Waals surface area contributed by atoms with Crippen LogP contribution in [0.25, 0.3) is 0 Å². The Kier molecular flexibility index (Phi) is 7.11. The molecule has 0 aromatic heterocycles.